The molecule has 0 radical (unpaired) electrons. The number of hydrogen-bond acceptors (Lipinski definition) is 5. The summed E-state index contributed by atoms with van der Waals surface area (Å²) in [4.78, 5) is 16.1. The number of carbonyl (C=O) groups excluding carboxylic acids is 1. The Balaban J connectivity index is 1.39. The number of sulfonamides is 1. The summed E-state index contributed by atoms with van der Waals surface area (Å²) in [7, 11) is -3.86. The van der Waals surface area contributed by atoms with Crippen molar-refractivity contribution in [2.24, 2.45) is 5.41 Å². The van der Waals surface area contributed by atoms with Crippen molar-refractivity contribution < 1.29 is 17.9 Å². The quantitative estimate of drug-likeness (QED) is 0.291. The third-order valence-corrected chi connectivity index (χ3v) is 10.5. The molecule has 1 aromatic heterocycles. The molecule has 7 rings (SSSR count). The Kier molecular flexibility index (Phi) is 5.84. The van der Waals surface area contributed by atoms with E-state index in [0.717, 1.165) is 71.7 Å². The van der Waals surface area contributed by atoms with Crippen LogP contribution in [0.25, 0.3) is 27.4 Å². The molecule has 0 spiro atoms. The summed E-state index contributed by atoms with van der Waals surface area (Å²) in [5.74, 6) is -0.328. The summed E-state index contributed by atoms with van der Waals surface area (Å²) in [6, 6.07) is 18.8. The van der Waals surface area contributed by atoms with E-state index in [2.05, 4.69) is 27.2 Å². The van der Waals surface area contributed by atoms with Gasteiger partial charge in [0.15, 0.2) is 0 Å². The van der Waals surface area contributed by atoms with E-state index in [1.54, 1.807) is 18.2 Å². The highest BCUT2D eigenvalue weighted by Crippen LogP contribution is 2.57. The first-order valence-electron chi connectivity index (χ1n) is 14.2. The van der Waals surface area contributed by atoms with Crippen LogP contribution in [0.2, 0.25) is 0 Å². The maximum Gasteiger partial charge on any atom is 0.354 e. The van der Waals surface area contributed by atoms with Gasteiger partial charge in [0, 0.05) is 28.4 Å². The number of hydrogen-bond donors (Lipinski definition) is 1. The van der Waals surface area contributed by atoms with Crippen molar-refractivity contribution in [3.8, 4) is 0 Å². The predicted octanol–water partition coefficient (Wildman–Crippen LogP) is 6.10. The van der Waals surface area contributed by atoms with Crippen LogP contribution in [0.5, 0.6) is 0 Å². The van der Waals surface area contributed by atoms with Crippen molar-refractivity contribution in [2.75, 3.05) is 24.4 Å². The van der Waals surface area contributed by atoms with E-state index in [0.29, 0.717) is 18.0 Å². The van der Waals surface area contributed by atoms with Crippen molar-refractivity contribution in [3.05, 3.63) is 78.0 Å². The lowest BCUT2D eigenvalue weighted by atomic mass is 9.66. The van der Waals surface area contributed by atoms with Gasteiger partial charge in [0.1, 0.15) is 5.70 Å². The fourth-order valence-electron chi connectivity index (χ4n) is 7.35. The van der Waals surface area contributed by atoms with E-state index in [4.69, 9.17) is 4.74 Å². The average molecular weight is 556 g/mol. The number of nitrogens with one attached hydrogen (secondary N) is 1. The number of piperidine rings is 1. The van der Waals surface area contributed by atoms with Gasteiger partial charge in [-0.25, -0.2) is 13.2 Å². The smallest absolute Gasteiger partial charge is 0.354 e. The van der Waals surface area contributed by atoms with Gasteiger partial charge >= 0.3 is 5.97 Å². The first-order valence-corrected chi connectivity index (χ1v) is 15.7. The van der Waals surface area contributed by atoms with Gasteiger partial charge in [-0.1, -0.05) is 43.3 Å². The van der Waals surface area contributed by atoms with Gasteiger partial charge in [-0.2, -0.15) is 0 Å². The molecule has 3 aliphatic heterocycles. The molecule has 7 nitrogen and oxygen atoms in total. The van der Waals surface area contributed by atoms with E-state index in [1.807, 2.05) is 49.4 Å². The molecule has 1 fully saturated rings. The summed E-state index contributed by atoms with van der Waals surface area (Å²) in [6.45, 7) is 6.29. The molecule has 0 aliphatic carbocycles. The van der Waals surface area contributed by atoms with Crippen molar-refractivity contribution in [1.29, 1.82) is 0 Å². The lowest BCUT2D eigenvalue weighted by Gasteiger charge is -2.53. The first kappa shape index (κ1) is 25.4. The lowest BCUT2D eigenvalue weighted by molar-refractivity contribution is -0.136. The Hall–Kier alpha value is -3.62. The first-order chi connectivity index (χ1) is 19.4. The third-order valence-electron chi connectivity index (χ3n) is 9.14. The van der Waals surface area contributed by atoms with Crippen molar-refractivity contribution in [3.63, 3.8) is 0 Å². The van der Waals surface area contributed by atoms with E-state index >= 15 is 0 Å². The molecule has 0 unspecified atom stereocenters. The second-order valence-electron chi connectivity index (χ2n) is 11.1. The lowest BCUT2D eigenvalue weighted by Crippen LogP contribution is -2.51. The van der Waals surface area contributed by atoms with Crippen LogP contribution in [0.4, 0.5) is 5.69 Å². The zero-order chi connectivity index (χ0) is 27.6. The van der Waals surface area contributed by atoms with Crippen molar-refractivity contribution in [2.45, 2.75) is 50.5 Å². The molecule has 206 valence electrons. The molecule has 1 saturated heterocycles. The van der Waals surface area contributed by atoms with E-state index < -0.39 is 10.0 Å². The second-order valence-corrected chi connectivity index (χ2v) is 12.8. The van der Waals surface area contributed by atoms with Gasteiger partial charge < -0.3 is 9.30 Å². The maximum atomic E-state index is 13.7. The molecule has 1 N–H and O–H groups in total. The molecule has 3 aromatic carbocycles. The van der Waals surface area contributed by atoms with Crippen LogP contribution < -0.4 is 4.72 Å². The number of esters is 1. The number of aromatic nitrogens is 1. The van der Waals surface area contributed by atoms with Crippen LogP contribution in [0, 0.1) is 5.41 Å². The Morgan fingerprint density at radius 2 is 1.88 bits per heavy atom. The molecular formula is C32H33N3O4S. The monoisotopic (exact) mass is 555 g/mol. The standard InChI is InChI=1S/C32H33N3O4S/c1-3-32-16-8-17-34-18-15-24-25-19-22(40(37,38)33-26-12-7-10-21-9-5-6-11-23(21)26)13-14-27(25)35(29(24)30(32)34)28(20-32)31(36)39-4-2/h5-7,9-14,19-20,30,33H,3-4,8,15-18H2,1-2H3/t30-,32+/m1/s1. The third kappa shape index (κ3) is 3.65. The van der Waals surface area contributed by atoms with Crippen LogP contribution in [0.3, 0.4) is 0 Å². The van der Waals surface area contributed by atoms with Crippen LogP contribution >= 0.6 is 0 Å². The van der Waals surface area contributed by atoms with Crippen molar-refractivity contribution >= 4 is 49.1 Å². The molecule has 4 aromatic rings. The number of nitrogens with zero attached hydrogens (tertiary/aromatic N) is 2. The number of anilines is 1. The Labute approximate surface area is 234 Å². The number of rotatable bonds is 6. The Morgan fingerprint density at radius 3 is 2.70 bits per heavy atom. The summed E-state index contributed by atoms with van der Waals surface area (Å²) >= 11 is 0. The summed E-state index contributed by atoms with van der Waals surface area (Å²) < 4.78 is 37.9. The SMILES string of the molecule is CCOC(=O)C1=C[C@]2(CC)CCCN3CCc4c(n1c1ccc(S(=O)(=O)Nc5cccc6ccccc56)cc41)[C@@H]32. The molecule has 0 amide bonds. The van der Waals surface area contributed by atoms with Gasteiger partial charge in [0.25, 0.3) is 10.0 Å². The summed E-state index contributed by atoms with van der Waals surface area (Å²) in [5, 5.41) is 2.71. The Morgan fingerprint density at radius 1 is 1.05 bits per heavy atom. The van der Waals surface area contributed by atoms with E-state index in [-0.39, 0.29) is 22.3 Å². The van der Waals surface area contributed by atoms with Gasteiger partial charge in [0.2, 0.25) is 0 Å². The van der Waals surface area contributed by atoms with Crippen LogP contribution in [0.1, 0.15) is 50.4 Å². The summed E-state index contributed by atoms with van der Waals surface area (Å²) in [5.41, 5.74) is 4.09. The number of ether oxygens (including phenoxy) is 1. The number of benzene rings is 3. The molecule has 3 aliphatic rings. The molecule has 40 heavy (non-hydrogen) atoms. The minimum absolute atomic E-state index is 0.148. The zero-order valence-electron chi connectivity index (χ0n) is 22.8. The van der Waals surface area contributed by atoms with E-state index in [1.165, 1.54) is 0 Å². The number of fused-ring (bicyclic) bond motifs is 4. The molecule has 4 heterocycles. The minimum Gasteiger partial charge on any atom is -0.461 e. The molecule has 2 atom stereocenters. The largest absolute Gasteiger partial charge is 0.461 e. The zero-order valence-corrected chi connectivity index (χ0v) is 23.6. The second kappa shape index (κ2) is 9.21. The molecular weight excluding hydrogens is 522 g/mol. The molecule has 0 saturated carbocycles. The topological polar surface area (TPSA) is 80.6 Å². The fraction of sp³-hybridized carbons (Fsp3) is 0.344. The number of carbonyl (C=O) groups is 1. The fourth-order valence-corrected chi connectivity index (χ4v) is 8.45. The van der Waals surface area contributed by atoms with Crippen LogP contribution in [-0.4, -0.2) is 43.6 Å². The summed E-state index contributed by atoms with van der Waals surface area (Å²) in [6.07, 6.45) is 6.01. The highest BCUT2D eigenvalue weighted by Gasteiger charge is 2.51. The van der Waals surface area contributed by atoms with Crippen LogP contribution in [-0.2, 0) is 26.0 Å². The average Bonchev–Trinajstić information content (AvgIpc) is 3.30. The highest BCUT2D eigenvalue weighted by molar-refractivity contribution is 7.92. The minimum atomic E-state index is -3.86. The van der Waals surface area contributed by atoms with Gasteiger partial charge in [-0.05, 0) is 80.4 Å². The highest BCUT2D eigenvalue weighted by atomic mass is 32.2. The molecule has 0 bridgehead atoms. The van der Waals surface area contributed by atoms with Gasteiger partial charge in [-0.3, -0.25) is 9.62 Å². The van der Waals surface area contributed by atoms with E-state index in [9.17, 15) is 13.2 Å². The molecule has 8 heteroatoms. The van der Waals surface area contributed by atoms with Gasteiger partial charge in [-0.15, -0.1) is 0 Å². The normalized spacial score (nSPS) is 22.1. The van der Waals surface area contributed by atoms with Crippen molar-refractivity contribution in [1.82, 2.24) is 9.47 Å². The van der Waals surface area contributed by atoms with Crippen LogP contribution in [0.15, 0.2) is 71.6 Å². The predicted molar refractivity (Wildman–Crippen MR) is 158 cm³/mol. The Bertz CT molecular complexity index is 1820. The maximum absolute atomic E-state index is 13.7. The van der Waals surface area contributed by atoms with Gasteiger partial charge in [0.05, 0.1) is 28.7 Å².